The van der Waals surface area contributed by atoms with Gasteiger partial charge in [0.15, 0.2) is 5.92 Å². The van der Waals surface area contributed by atoms with Crippen LogP contribution in [0.2, 0.25) is 0 Å². The molecule has 0 fully saturated rings. The third-order valence-corrected chi connectivity index (χ3v) is 2.64. The van der Waals surface area contributed by atoms with E-state index in [0.29, 0.717) is 24.9 Å². The van der Waals surface area contributed by atoms with Gasteiger partial charge in [-0.2, -0.15) is 26.3 Å². The van der Waals surface area contributed by atoms with E-state index in [-0.39, 0.29) is 0 Å². The number of hydrogen-bond donors (Lipinski definition) is 1. The molecule has 1 rings (SSSR count). The van der Waals surface area contributed by atoms with Crippen molar-refractivity contribution in [2.24, 2.45) is 5.73 Å². The van der Waals surface area contributed by atoms with Gasteiger partial charge in [-0.3, -0.25) is 0 Å². The highest BCUT2D eigenvalue weighted by molar-refractivity contribution is 5.27. The molecule has 19 heavy (non-hydrogen) atoms. The SMILES string of the molecule is NCCCc1ccc(C(C(F)(F)F)C(F)(F)F)cc1. The second kappa shape index (κ2) is 5.81. The van der Waals surface area contributed by atoms with Crippen molar-refractivity contribution in [3.63, 3.8) is 0 Å². The van der Waals surface area contributed by atoms with E-state index in [4.69, 9.17) is 5.73 Å². The number of rotatable bonds is 4. The molecule has 108 valence electrons. The van der Waals surface area contributed by atoms with Crippen molar-refractivity contribution in [2.45, 2.75) is 31.1 Å². The Morgan fingerprint density at radius 1 is 0.895 bits per heavy atom. The Morgan fingerprint density at radius 3 is 1.74 bits per heavy atom. The van der Waals surface area contributed by atoms with Crippen LogP contribution < -0.4 is 5.73 Å². The first kappa shape index (κ1) is 15.8. The van der Waals surface area contributed by atoms with E-state index in [0.717, 1.165) is 12.1 Å². The third kappa shape index (κ3) is 4.41. The van der Waals surface area contributed by atoms with Crippen molar-refractivity contribution in [1.82, 2.24) is 0 Å². The molecule has 0 amide bonds. The molecule has 0 aliphatic rings. The first-order valence-corrected chi connectivity index (χ1v) is 5.58. The van der Waals surface area contributed by atoms with Gasteiger partial charge in [0.2, 0.25) is 0 Å². The van der Waals surface area contributed by atoms with Gasteiger partial charge in [-0.25, -0.2) is 0 Å². The summed E-state index contributed by atoms with van der Waals surface area (Å²) < 4.78 is 74.8. The molecule has 0 spiro atoms. The van der Waals surface area contributed by atoms with Gasteiger partial charge in [0, 0.05) is 0 Å². The first-order chi connectivity index (χ1) is 8.66. The molecule has 0 heterocycles. The van der Waals surface area contributed by atoms with Crippen LogP contribution in [-0.4, -0.2) is 18.9 Å². The summed E-state index contributed by atoms with van der Waals surface area (Å²) in [6.45, 7) is 0.412. The van der Waals surface area contributed by atoms with E-state index >= 15 is 0 Å². The van der Waals surface area contributed by atoms with Crippen molar-refractivity contribution in [3.8, 4) is 0 Å². The summed E-state index contributed by atoms with van der Waals surface area (Å²) in [6.07, 6.45) is -9.55. The molecular weight excluding hydrogens is 272 g/mol. The van der Waals surface area contributed by atoms with E-state index in [1.54, 1.807) is 0 Å². The summed E-state index contributed by atoms with van der Waals surface area (Å²) in [4.78, 5) is 0. The maximum absolute atomic E-state index is 12.5. The number of benzene rings is 1. The zero-order chi connectivity index (χ0) is 14.7. The Bertz CT molecular complexity index is 378. The Labute approximate surface area is 106 Å². The Hall–Kier alpha value is -1.24. The molecule has 7 heteroatoms. The molecule has 0 saturated carbocycles. The van der Waals surface area contributed by atoms with E-state index in [9.17, 15) is 26.3 Å². The van der Waals surface area contributed by atoms with Crippen molar-refractivity contribution in [2.75, 3.05) is 6.54 Å². The number of halogens is 6. The molecular formula is C12H13F6N. The molecule has 0 bridgehead atoms. The summed E-state index contributed by atoms with van der Waals surface area (Å²) in [6, 6.07) is 4.29. The minimum absolute atomic E-state index is 0.412. The fourth-order valence-corrected chi connectivity index (χ4v) is 1.75. The molecule has 0 aliphatic heterocycles. The summed E-state index contributed by atoms with van der Waals surface area (Å²) in [5.74, 6) is -3.44. The van der Waals surface area contributed by atoms with Gasteiger partial charge >= 0.3 is 12.4 Å². The van der Waals surface area contributed by atoms with Gasteiger partial charge in [-0.05, 0) is 30.5 Å². The van der Waals surface area contributed by atoms with Crippen molar-refractivity contribution in [3.05, 3.63) is 35.4 Å². The van der Waals surface area contributed by atoms with Gasteiger partial charge in [0.25, 0.3) is 0 Å². The molecule has 1 aromatic rings. The molecule has 1 nitrogen and oxygen atoms in total. The Balaban J connectivity index is 2.99. The monoisotopic (exact) mass is 285 g/mol. The zero-order valence-corrected chi connectivity index (χ0v) is 9.85. The third-order valence-electron chi connectivity index (χ3n) is 2.64. The normalized spacial score (nSPS) is 13.1. The zero-order valence-electron chi connectivity index (χ0n) is 9.85. The second-order valence-electron chi connectivity index (χ2n) is 4.15. The summed E-state index contributed by atoms with van der Waals surface area (Å²) in [5.41, 5.74) is 5.14. The first-order valence-electron chi connectivity index (χ1n) is 5.58. The molecule has 1 aromatic carbocycles. The van der Waals surface area contributed by atoms with Crippen LogP contribution in [0.4, 0.5) is 26.3 Å². The fourth-order valence-electron chi connectivity index (χ4n) is 1.75. The van der Waals surface area contributed by atoms with Gasteiger partial charge < -0.3 is 5.73 Å². The average molecular weight is 285 g/mol. The van der Waals surface area contributed by atoms with Crippen molar-refractivity contribution in [1.29, 1.82) is 0 Å². The average Bonchev–Trinajstić information content (AvgIpc) is 2.24. The molecule has 2 N–H and O–H groups in total. The second-order valence-corrected chi connectivity index (χ2v) is 4.15. The number of aryl methyl sites for hydroxylation is 1. The largest absolute Gasteiger partial charge is 0.404 e. The summed E-state index contributed by atoms with van der Waals surface area (Å²) in [7, 11) is 0. The van der Waals surface area contributed by atoms with Gasteiger partial charge in [-0.1, -0.05) is 24.3 Å². The van der Waals surface area contributed by atoms with Crippen LogP contribution in [0.3, 0.4) is 0 Å². The highest BCUT2D eigenvalue weighted by Gasteiger charge is 2.57. The van der Waals surface area contributed by atoms with Crippen LogP contribution in [0.15, 0.2) is 24.3 Å². The van der Waals surface area contributed by atoms with Crippen molar-refractivity contribution < 1.29 is 26.3 Å². The van der Waals surface area contributed by atoms with Crippen LogP contribution in [0.1, 0.15) is 23.5 Å². The lowest BCUT2D eigenvalue weighted by atomic mass is 9.96. The van der Waals surface area contributed by atoms with E-state index in [2.05, 4.69) is 0 Å². The molecule has 0 atom stereocenters. The Morgan fingerprint density at radius 2 is 1.37 bits per heavy atom. The van der Waals surface area contributed by atoms with Crippen LogP contribution in [0, 0.1) is 0 Å². The minimum Gasteiger partial charge on any atom is -0.330 e. The number of nitrogens with two attached hydrogens (primary N) is 1. The lowest BCUT2D eigenvalue weighted by Gasteiger charge is -2.23. The van der Waals surface area contributed by atoms with E-state index in [1.807, 2.05) is 0 Å². The lowest BCUT2D eigenvalue weighted by molar-refractivity contribution is -0.253. The van der Waals surface area contributed by atoms with Gasteiger partial charge in [0.05, 0.1) is 0 Å². The smallest absolute Gasteiger partial charge is 0.330 e. The quantitative estimate of drug-likeness (QED) is 0.837. The predicted octanol–water partition coefficient (Wildman–Crippen LogP) is 3.79. The maximum atomic E-state index is 12.5. The van der Waals surface area contributed by atoms with Gasteiger partial charge in [0.1, 0.15) is 0 Å². The standard InChI is InChI=1S/C12H13F6N/c13-11(14,15)10(12(16,17)18)9-5-3-8(4-6-9)2-1-7-19/h3-6,10H,1-2,7,19H2. The molecule has 0 aromatic heterocycles. The van der Waals surface area contributed by atoms with E-state index in [1.165, 1.54) is 12.1 Å². The fraction of sp³-hybridized carbons (Fsp3) is 0.500. The highest BCUT2D eigenvalue weighted by atomic mass is 19.4. The van der Waals surface area contributed by atoms with Crippen LogP contribution in [0.25, 0.3) is 0 Å². The molecule has 0 radical (unpaired) electrons. The number of hydrogen-bond acceptors (Lipinski definition) is 1. The van der Waals surface area contributed by atoms with Gasteiger partial charge in [-0.15, -0.1) is 0 Å². The Kier molecular flexibility index (Phi) is 4.84. The minimum atomic E-state index is -5.35. The highest BCUT2D eigenvalue weighted by Crippen LogP contribution is 2.46. The molecule has 0 unspecified atom stereocenters. The molecule has 0 saturated heterocycles. The van der Waals surface area contributed by atoms with Crippen LogP contribution >= 0.6 is 0 Å². The number of alkyl halides is 6. The van der Waals surface area contributed by atoms with Crippen molar-refractivity contribution >= 4 is 0 Å². The van der Waals surface area contributed by atoms with E-state index < -0.39 is 23.8 Å². The topological polar surface area (TPSA) is 26.0 Å². The summed E-state index contributed by atoms with van der Waals surface area (Å²) >= 11 is 0. The predicted molar refractivity (Wildman–Crippen MR) is 58.7 cm³/mol. The molecule has 0 aliphatic carbocycles. The maximum Gasteiger partial charge on any atom is 0.404 e. The summed E-state index contributed by atoms with van der Waals surface area (Å²) in [5, 5.41) is 0. The van der Waals surface area contributed by atoms with Crippen LogP contribution in [-0.2, 0) is 6.42 Å². The van der Waals surface area contributed by atoms with Crippen LogP contribution in [0.5, 0.6) is 0 Å². The lowest BCUT2D eigenvalue weighted by Crippen LogP contribution is -2.34.